The third-order valence-corrected chi connectivity index (χ3v) is 5.66. The van der Waals surface area contributed by atoms with Gasteiger partial charge in [0.2, 0.25) is 10.0 Å². The van der Waals surface area contributed by atoms with Crippen molar-refractivity contribution in [3.63, 3.8) is 0 Å². The summed E-state index contributed by atoms with van der Waals surface area (Å²) in [6.07, 6.45) is 0. The van der Waals surface area contributed by atoms with Crippen LogP contribution < -0.4 is 4.72 Å². The van der Waals surface area contributed by atoms with Crippen LogP contribution in [-0.4, -0.2) is 24.0 Å². The molecule has 1 aromatic carbocycles. The zero-order valence-corrected chi connectivity index (χ0v) is 14.6. The maximum absolute atomic E-state index is 11.6. The van der Waals surface area contributed by atoms with E-state index in [0.29, 0.717) is 12.2 Å². The number of anilines is 1. The molecule has 5 nitrogen and oxygen atoms in total. The summed E-state index contributed by atoms with van der Waals surface area (Å²) in [6, 6.07) is 7.36. The molecule has 0 atom stereocenters. The highest BCUT2D eigenvalue weighted by Crippen LogP contribution is 2.21. The Morgan fingerprint density at radius 2 is 2.05 bits per heavy atom. The van der Waals surface area contributed by atoms with E-state index in [0.717, 1.165) is 21.4 Å². The second kappa shape index (κ2) is 6.19. The molecule has 0 unspecified atom stereocenters. The lowest BCUT2D eigenvalue weighted by Gasteiger charge is -2.09. The first kappa shape index (κ1) is 16.0. The summed E-state index contributed by atoms with van der Waals surface area (Å²) < 4.78 is 28.7. The normalized spacial score (nSPS) is 11.6. The predicted octanol–water partition coefficient (Wildman–Crippen LogP) is 3.07. The van der Waals surface area contributed by atoms with Crippen molar-refractivity contribution in [2.45, 2.75) is 27.3 Å². The molecule has 0 saturated carbocycles. The number of hydrogen-bond donors (Lipinski definition) is 1. The van der Waals surface area contributed by atoms with Crippen LogP contribution in [-0.2, 0) is 16.6 Å². The molecule has 21 heavy (non-hydrogen) atoms. The van der Waals surface area contributed by atoms with Crippen LogP contribution in [0, 0.1) is 13.8 Å². The molecule has 1 N–H and O–H groups in total. The standard InChI is InChI=1S/C14H18BrN3O2S/c1-4-21(19,20)17-13-7-5-6-12(8-13)9-18-11(3)14(15)10(2)16-18/h5-8,17H,4,9H2,1-3H3. The van der Waals surface area contributed by atoms with Gasteiger partial charge in [-0.2, -0.15) is 5.10 Å². The molecule has 0 aliphatic carbocycles. The minimum Gasteiger partial charge on any atom is -0.284 e. The van der Waals surface area contributed by atoms with Gasteiger partial charge in [-0.3, -0.25) is 9.40 Å². The fourth-order valence-corrected chi connectivity index (χ4v) is 2.90. The fraction of sp³-hybridized carbons (Fsp3) is 0.357. The van der Waals surface area contributed by atoms with Crippen LogP contribution in [0.15, 0.2) is 28.7 Å². The molecular formula is C14H18BrN3O2S. The zero-order valence-electron chi connectivity index (χ0n) is 12.2. The van der Waals surface area contributed by atoms with Gasteiger partial charge in [0.25, 0.3) is 0 Å². The Labute approximate surface area is 133 Å². The van der Waals surface area contributed by atoms with Crippen molar-refractivity contribution in [2.24, 2.45) is 0 Å². The fourth-order valence-electron chi connectivity index (χ4n) is 1.99. The summed E-state index contributed by atoms with van der Waals surface area (Å²) in [4.78, 5) is 0. The van der Waals surface area contributed by atoms with E-state index in [1.165, 1.54) is 0 Å². The molecule has 7 heteroatoms. The summed E-state index contributed by atoms with van der Waals surface area (Å²) in [5.41, 5.74) is 3.56. The minimum atomic E-state index is -3.25. The van der Waals surface area contributed by atoms with Gasteiger partial charge in [-0.25, -0.2) is 8.42 Å². The van der Waals surface area contributed by atoms with Gasteiger partial charge in [0, 0.05) is 5.69 Å². The third kappa shape index (κ3) is 3.85. The number of aryl methyl sites for hydroxylation is 1. The molecule has 0 saturated heterocycles. The van der Waals surface area contributed by atoms with Crippen molar-refractivity contribution in [1.29, 1.82) is 0 Å². The maximum atomic E-state index is 11.6. The van der Waals surface area contributed by atoms with Crippen molar-refractivity contribution in [3.05, 3.63) is 45.7 Å². The van der Waals surface area contributed by atoms with E-state index in [1.807, 2.05) is 36.7 Å². The van der Waals surface area contributed by atoms with Crippen LogP contribution in [0.5, 0.6) is 0 Å². The second-order valence-corrected chi connectivity index (χ2v) is 7.65. The summed E-state index contributed by atoms with van der Waals surface area (Å²) in [5.74, 6) is 0.0572. The zero-order chi connectivity index (χ0) is 15.6. The Kier molecular flexibility index (Phi) is 4.73. The lowest BCUT2D eigenvalue weighted by atomic mass is 10.2. The lowest BCUT2D eigenvalue weighted by molar-refractivity contribution is 0.602. The number of nitrogens with zero attached hydrogens (tertiary/aromatic N) is 2. The number of hydrogen-bond acceptors (Lipinski definition) is 3. The smallest absolute Gasteiger partial charge is 0.232 e. The first-order valence-electron chi connectivity index (χ1n) is 6.61. The van der Waals surface area contributed by atoms with E-state index in [1.54, 1.807) is 13.0 Å². The Morgan fingerprint density at radius 3 is 2.62 bits per heavy atom. The van der Waals surface area contributed by atoms with Gasteiger partial charge in [-0.05, 0) is 54.4 Å². The Balaban J connectivity index is 2.24. The molecule has 114 valence electrons. The van der Waals surface area contributed by atoms with E-state index in [2.05, 4.69) is 25.8 Å². The van der Waals surface area contributed by atoms with Crippen molar-refractivity contribution in [3.8, 4) is 0 Å². The summed E-state index contributed by atoms with van der Waals surface area (Å²) in [6.45, 7) is 6.15. The number of sulfonamides is 1. The molecule has 0 spiro atoms. The molecule has 0 aliphatic heterocycles. The molecule has 2 rings (SSSR count). The number of halogens is 1. The summed E-state index contributed by atoms with van der Waals surface area (Å²) >= 11 is 3.50. The van der Waals surface area contributed by atoms with Gasteiger partial charge in [-0.1, -0.05) is 12.1 Å². The van der Waals surface area contributed by atoms with Crippen LogP contribution in [0.4, 0.5) is 5.69 Å². The summed E-state index contributed by atoms with van der Waals surface area (Å²) in [7, 11) is -3.25. The topological polar surface area (TPSA) is 64.0 Å². The molecule has 1 aromatic heterocycles. The van der Waals surface area contributed by atoms with Crippen molar-refractivity contribution in [2.75, 3.05) is 10.5 Å². The van der Waals surface area contributed by atoms with Crippen LogP contribution in [0.3, 0.4) is 0 Å². The average molecular weight is 372 g/mol. The average Bonchev–Trinajstić information content (AvgIpc) is 2.66. The quantitative estimate of drug-likeness (QED) is 0.877. The number of benzene rings is 1. The Hall–Kier alpha value is -1.34. The highest BCUT2D eigenvalue weighted by molar-refractivity contribution is 9.10. The van der Waals surface area contributed by atoms with E-state index >= 15 is 0 Å². The maximum Gasteiger partial charge on any atom is 0.232 e. The van der Waals surface area contributed by atoms with E-state index in [-0.39, 0.29) is 5.75 Å². The van der Waals surface area contributed by atoms with Gasteiger partial charge < -0.3 is 0 Å². The largest absolute Gasteiger partial charge is 0.284 e. The number of nitrogens with one attached hydrogen (secondary N) is 1. The first-order valence-corrected chi connectivity index (χ1v) is 9.06. The molecule has 1 heterocycles. The van der Waals surface area contributed by atoms with Crippen molar-refractivity contribution < 1.29 is 8.42 Å². The first-order chi connectivity index (χ1) is 9.82. The van der Waals surface area contributed by atoms with Gasteiger partial charge in [-0.15, -0.1) is 0 Å². The SMILES string of the molecule is CCS(=O)(=O)Nc1cccc(Cn2nc(C)c(Br)c2C)c1. The monoisotopic (exact) mass is 371 g/mol. The van der Waals surface area contributed by atoms with E-state index in [4.69, 9.17) is 0 Å². The molecule has 0 amide bonds. The molecule has 2 aromatic rings. The van der Waals surface area contributed by atoms with E-state index < -0.39 is 10.0 Å². The van der Waals surface area contributed by atoms with Gasteiger partial charge in [0.05, 0.1) is 28.2 Å². The van der Waals surface area contributed by atoms with Crippen LogP contribution >= 0.6 is 15.9 Å². The third-order valence-electron chi connectivity index (χ3n) is 3.21. The second-order valence-electron chi connectivity index (χ2n) is 4.85. The molecule has 0 fully saturated rings. The van der Waals surface area contributed by atoms with Gasteiger partial charge in [0.15, 0.2) is 0 Å². The highest BCUT2D eigenvalue weighted by atomic mass is 79.9. The van der Waals surface area contributed by atoms with Crippen LogP contribution in [0.2, 0.25) is 0 Å². The number of rotatable bonds is 5. The highest BCUT2D eigenvalue weighted by Gasteiger charge is 2.10. The van der Waals surface area contributed by atoms with Crippen LogP contribution in [0.25, 0.3) is 0 Å². The lowest BCUT2D eigenvalue weighted by Crippen LogP contribution is -2.14. The van der Waals surface area contributed by atoms with Crippen LogP contribution in [0.1, 0.15) is 23.9 Å². The molecular weight excluding hydrogens is 354 g/mol. The molecule has 0 radical (unpaired) electrons. The van der Waals surface area contributed by atoms with Gasteiger partial charge in [0.1, 0.15) is 0 Å². The minimum absolute atomic E-state index is 0.0572. The van der Waals surface area contributed by atoms with Crippen molar-refractivity contribution >= 4 is 31.6 Å². The number of aromatic nitrogens is 2. The van der Waals surface area contributed by atoms with E-state index in [9.17, 15) is 8.42 Å². The molecule has 0 bridgehead atoms. The Bertz CT molecular complexity index is 754. The van der Waals surface area contributed by atoms with Crippen molar-refractivity contribution in [1.82, 2.24) is 9.78 Å². The molecule has 0 aliphatic rings. The predicted molar refractivity (Wildman–Crippen MR) is 88.0 cm³/mol. The summed E-state index contributed by atoms with van der Waals surface area (Å²) in [5, 5.41) is 4.46. The van der Waals surface area contributed by atoms with Gasteiger partial charge >= 0.3 is 0 Å². The Morgan fingerprint density at radius 1 is 1.33 bits per heavy atom.